The van der Waals surface area contributed by atoms with Crippen molar-refractivity contribution < 1.29 is 18.7 Å². The number of amides is 2. The topological polar surface area (TPSA) is 70.7 Å². The van der Waals surface area contributed by atoms with Crippen molar-refractivity contribution in [3.05, 3.63) is 71.0 Å². The van der Waals surface area contributed by atoms with Crippen molar-refractivity contribution in [2.24, 2.45) is 0 Å². The smallest absolute Gasteiger partial charge is 0.251 e. The summed E-state index contributed by atoms with van der Waals surface area (Å²) in [7, 11) is 0. The first-order valence-electron chi connectivity index (χ1n) is 10.8. The van der Waals surface area contributed by atoms with E-state index < -0.39 is 0 Å². The van der Waals surface area contributed by atoms with Crippen LogP contribution in [-0.2, 0) is 22.5 Å². The summed E-state index contributed by atoms with van der Waals surface area (Å²) in [5.74, 6) is -0.416. The molecule has 0 unspecified atom stereocenters. The molecule has 2 aliphatic rings. The predicted octanol–water partition coefficient (Wildman–Crippen LogP) is 2.28. The monoisotopic (exact) mass is 425 g/mol. The zero-order chi connectivity index (χ0) is 21.6. The number of halogens is 1. The highest BCUT2D eigenvalue weighted by atomic mass is 19.1. The second-order valence-corrected chi connectivity index (χ2v) is 8.28. The molecule has 2 aromatic rings. The lowest BCUT2D eigenvalue weighted by atomic mass is 10.1. The Morgan fingerprint density at radius 3 is 2.68 bits per heavy atom. The van der Waals surface area contributed by atoms with Crippen LogP contribution in [0.2, 0.25) is 0 Å². The van der Waals surface area contributed by atoms with Gasteiger partial charge in [-0.25, -0.2) is 4.39 Å². The molecular weight excluding hydrogens is 397 g/mol. The summed E-state index contributed by atoms with van der Waals surface area (Å²) in [4.78, 5) is 26.8. The summed E-state index contributed by atoms with van der Waals surface area (Å²) in [5, 5.41) is 5.91. The van der Waals surface area contributed by atoms with Gasteiger partial charge in [0.1, 0.15) is 5.82 Å². The normalized spacial score (nSPS) is 19.1. The van der Waals surface area contributed by atoms with Gasteiger partial charge >= 0.3 is 0 Å². The molecule has 4 rings (SSSR count). The molecular formula is C24H28FN3O3. The Morgan fingerprint density at radius 2 is 1.90 bits per heavy atom. The van der Waals surface area contributed by atoms with Gasteiger partial charge in [-0.2, -0.15) is 0 Å². The van der Waals surface area contributed by atoms with Gasteiger partial charge in [-0.3, -0.25) is 14.5 Å². The first-order chi connectivity index (χ1) is 15.0. The molecule has 2 amide bonds. The molecule has 2 N–H and O–H groups in total. The van der Waals surface area contributed by atoms with Gasteiger partial charge < -0.3 is 15.4 Å². The number of nitrogens with zero attached hydrogens (tertiary/aromatic N) is 1. The van der Waals surface area contributed by atoms with Crippen molar-refractivity contribution in [3.8, 4) is 0 Å². The third-order valence-electron chi connectivity index (χ3n) is 5.54. The number of morpholine rings is 1. The maximum absolute atomic E-state index is 13.1. The number of hydrogen-bond donors (Lipinski definition) is 2. The number of hydrogen-bond acceptors (Lipinski definition) is 4. The van der Waals surface area contributed by atoms with Crippen LogP contribution in [0.5, 0.6) is 0 Å². The fraction of sp³-hybridized carbons (Fsp3) is 0.417. The van der Waals surface area contributed by atoms with Crippen LogP contribution in [-0.4, -0.2) is 55.1 Å². The minimum absolute atomic E-state index is 0.0818. The highest BCUT2D eigenvalue weighted by molar-refractivity contribution is 5.95. The molecule has 1 aliphatic carbocycles. The van der Waals surface area contributed by atoms with Crippen LogP contribution in [0.15, 0.2) is 48.5 Å². The highest BCUT2D eigenvalue weighted by Crippen LogP contribution is 2.19. The number of carbonyl (C=O) groups is 2. The number of nitrogens with one attached hydrogen (secondary N) is 2. The minimum Gasteiger partial charge on any atom is -0.374 e. The summed E-state index contributed by atoms with van der Waals surface area (Å²) in [6, 6.07) is 14.0. The molecule has 1 aliphatic heterocycles. The van der Waals surface area contributed by atoms with Crippen molar-refractivity contribution >= 4 is 11.8 Å². The first kappa shape index (κ1) is 21.5. The average Bonchev–Trinajstić information content (AvgIpc) is 3.58. The molecule has 2 aromatic carbocycles. The lowest BCUT2D eigenvalue weighted by Crippen LogP contribution is -2.47. The molecule has 6 nitrogen and oxygen atoms in total. The third kappa shape index (κ3) is 6.60. The van der Waals surface area contributed by atoms with E-state index in [2.05, 4.69) is 15.5 Å². The van der Waals surface area contributed by atoms with Gasteiger partial charge in [0.2, 0.25) is 5.91 Å². The summed E-state index contributed by atoms with van der Waals surface area (Å²) in [6.07, 6.45) is 2.21. The van der Waals surface area contributed by atoms with E-state index in [1.54, 1.807) is 24.3 Å². The molecule has 0 radical (unpaired) electrons. The number of carbonyl (C=O) groups excluding carboxylic acids is 2. The Labute approximate surface area is 181 Å². The lowest BCUT2D eigenvalue weighted by molar-refractivity contribution is -0.121. The van der Waals surface area contributed by atoms with E-state index in [4.69, 9.17) is 4.74 Å². The van der Waals surface area contributed by atoms with E-state index in [1.165, 1.54) is 12.1 Å². The van der Waals surface area contributed by atoms with Gasteiger partial charge in [0.05, 0.1) is 19.1 Å². The minimum atomic E-state index is -0.236. The molecule has 1 saturated heterocycles. The molecule has 2 fully saturated rings. The Hall–Kier alpha value is -2.77. The standard InChI is InChI=1S/C24H28FN3O3/c25-20-6-4-17(5-7-20)15-28-10-11-31-22(16-28)14-26-23(29)13-18-2-1-3-19(12-18)24(30)27-21-8-9-21/h1-7,12,21-22H,8-11,13-16H2,(H,26,29)(H,27,30)/t22-/m0/s1. The molecule has 1 atom stereocenters. The zero-order valence-corrected chi connectivity index (χ0v) is 17.5. The third-order valence-corrected chi connectivity index (χ3v) is 5.54. The van der Waals surface area contributed by atoms with Gasteiger partial charge in [-0.05, 0) is 48.2 Å². The van der Waals surface area contributed by atoms with E-state index in [-0.39, 0.29) is 30.2 Å². The summed E-state index contributed by atoms with van der Waals surface area (Å²) in [5.41, 5.74) is 2.45. The van der Waals surface area contributed by atoms with Gasteiger partial charge in [0.25, 0.3) is 5.91 Å². The maximum atomic E-state index is 13.1. The second-order valence-electron chi connectivity index (χ2n) is 8.28. The van der Waals surface area contributed by atoms with Crippen LogP contribution >= 0.6 is 0 Å². The molecule has 164 valence electrons. The van der Waals surface area contributed by atoms with E-state index in [9.17, 15) is 14.0 Å². The fourth-order valence-corrected chi connectivity index (χ4v) is 3.69. The van der Waals surface area contributed by atoms with Crippen molar-refractivity contribution in [3.63, 3.8) is 0 Å². The predicted molar refractivity (Wildman–Crippen MR) is 115 cm³/mol. The number of ether oxygens (including phenoxy) is 1. The molecule has 1 heterocycles. The van der Waals surface area contributed by atoms with E-state index >= 15 is 0 Å². The van der Waals surface area contributed by atoms with Crippen LogP contribution in [0.25, 0.3) is 0 Å². The molecule has 0 aromatic heterocycles. The number of rotatable bonds is 8. The zero-order valence-electron chi connectivity index (χ0n) is 17.5. The fourth-order valence-electron chi connectivity index (χ4n) is 3.69. The van der Waals surface area contributed by atoms with Crippen LogP contribution in [0.3, 0.4) is 0 Å². The van der Waals surface area contributed by atoms with E-state index in [0.29, 0.717) is 31.3 Å². The van der Waals surface area contributed by atoms with Crippen molar-refractivity contribution in [2.45, 2.75) is 38.0 Å². The lowest BCUT2D eigenvalue weighted by Gasteiger charge is -2.33. The SMILES string of the molecule is O=C(Cc1cccc(C(=O)NC2CC2)c1)NC[C@H]1CN(Cc2ccc(F)cc2)CCO1. The van der Waals surface area contributed by atoms with E-state index in [1.807, 2.05) is 12.1 Å². The molecule has 7 heteroatoms. The second kappa shape index (κ2) is 10.0. The van der Waals surface area contributed by atoms with Crippen molar-refractivity contribution in [1.82, 2.24) is 15.5 Å². The Kier molecular flexibility index (Phi) is 6.94. The largest absolute Gasteiger partial charge is 0.374 e. The van der Waals surface area contributed by atoms with Gasteiger partial charge in [0, 0.05) is 37.8 Å². The molecule has 1 saturated carbocycles. The van der Waals surface area contributed by atoms with Gasteiger partial charge in [-0.15, -0.1) is 0 Å². The van der Waals surface area contributed by atoms with Crippen LogP contribution in [0.1, 0.15) is 34.3 Å². The Balaban J connectivity index is 1.23. The molecule has 0 spiro atoms. The van der Waals surface area contributed by atoms with Crippen LogP contribution in [0, 0.1) is 5.82 Å². The first-order valence-corrected chi connectivity index (χ1v) is 10.8. The number of benzene rings is 2. The quantitative estimate of drug-likeness (QED) is 0.681. The van der Waals surface area contributed by atoms with E-state index in [0.717, 1.165) is 37.1 Å². The van der Waals surface area contributed by atoms with Gasteiger partial charge in [-0.1, -0.05) is 24.3 Å². The molecule has 31 heavy (non-hydrogen) atoms. The summed E-state index contributed by atoms with van der Waals surface area (Å²) >= 11 is 0. The van der Waals surface area contributed by atoms with Crippen molar-refractivity contribution in [2.75, 3.05) is 26.2 Å². The van der Waals surface area contributed by atoms with Crippen LogP contribution < -0.4 is 10.6 Å². The summed E-state index contributed by atoms with van der Waals surface area (Å²) in [6.45, 7) is 3.26. The Bertz CT molecular complexity index is 915. The highest BCUT2D eigenvalue weighted by Gasteiger charge is 2.24. The van der Waals surface area contributed by atoms with Crippen molar-refractivity contribution in [1.29, 1.82) is 0 Å². The summed E-state index contributed by atoms with van der Waals surface area (Å²) < 4.78 is 18.9. The maximum Gasteiger partial charge on any atom is 0.251 e. The average molecular weight is 426 g/mol. The van der Waals surface area contributed by atoms with Gasteiger partial charge in [0.15, 0.2) is 0 Å². The van der Waals surface area contributed by atoms with Crippen LogP contribution in [0.4, 0.5) is 4.39 Å². The Morgan fingerprint density at radius 1 is 1.10 bits per heavy atom. The molecule has 0 bridgehead atoms.